The highest BCUT2D eigenvalue weighted by atomic mass is 16.5. The fraction of sp³-hybridized carbons (Fsp3) is 0.893. The van der Waals surface area contributed by atoms with Gasteiger partial charge in [-0.3, -0.25) is 14.4 Å². The number of nitrogens with one attached hydrogen (secondary N) is 2. The fourth-order valence-electron chi connectivity index (χ4n) is 8.71. The molecule has 0 saturated heterocycles. The van der Waals surface area contributed by atoms with Gasteiger partial charge in [0.25, 0.3) is 0 Å². The maximum Gasteiger partial charge on any atom is 0.328 e. The number of hydrogen-bond acceptors (Lipinski definition) is 6. The van der Waals surface area contributed by atoms with Crippen molar-refractivity contribution < 1.29 is 34.1 Å². The number of rotatable bonds is 52. The van der Waals surface area contributed by atoms with Gasteiger partial charge in [-0.15, -0.1) is 0 Å². The lowest BCUT2D eigenvalue weighted by Crippen LogP contribution is -2.47. The third-order valence-corrected chi connectivity index (χ3v) is 13.0. The summed E-state index contributed by atoms with van der Waals surface area (Å²) in [6.45, 7) is 3.53. The molecule has 0 spiro atoms. The number of aliphatic hydroxyl groups is 1. The van der Waals surface area contributed by atoms with Crippen molar-refractivity contribution in [2.24, 2.45) is 0 Å². The van der Waals surface area contributed by atoms with E-state index in [0.29, 0.717) is 19.3 Å². The molecule has 0 bridgehead atoms. The Balaban J connectivity index is 4.22. The summed E-state index contributed by atoms with van der Waals surface area (Å²) in [6, 6.07) is -1.38. The third-order valence-electron chi connectivity index (χ3n) is 13.0. The van der Waals surface area contributed by atoms with Crippen molar-refractivity contribution in [2.75, 3.05) is 13.2 Å². The van der Waals surface area contributed by atoms with Gasteiger partial charge in [-0.05, 0) is 64.2 Å². The van der Waals surface area contributed by atoms with Gasteiger partial charge in [0.05, 0.1) is 13.2 Å². The molecule has 0 aromatic heterocycles. The Morgan fingerprint density at radius 1 is 0.446 bits per heavy atom. The first-order valence-electron chi connectivity index (χ1n) is 28.1. The molecule has 4 N–H and O–H groups in total. The Hall–Kier alpha value is -2.42. The van der Waals surface area contributed by atoms with Crippen LogP contribution in [0.1, 0.15) is 296 Å². The molecule has 0 fully saturated rings. The van der Waals surface area contributed by atoms with Crippen LogP contribution in [0.3, 0.4) is 0 Å². The van der Waals surface area contributed by atoms with Crippen molar-refractivity contribution in [3.63, 3.8) is 0 Å². The van der Waals surface area contributed by atoms with E-state index in [0.717, 1.165) is 70.6 Å². The molecule has 0 aromatic rings. The quantitative estimate of drug-likeness (QED) is 0.0270. The van der Waals surface area contributed by atoms with Crippen molar-refractivity contribution in [3.8, 4) is 0 Å². The summed E-state index contributed by atoms with van der Waals surface area (Å²) >= 11 is 0. The molecule has 65 heavy (non-hydrogen) atoms. The molecule has 0 saturated carbocycles. The minimum Gasteiger partial charge on any atom is -0.480 e. The van der Waals surface area contributed by atoms with Crippen molar-refractivity contribution in [1.82, 2.24) is 10.6 Å². The van der Waals surface area contributed by atoms with Crippen molar-refractivity contribution in [1.29, 1.82) is 0 Å². The van der Waals surface area contributed by atoms with Crippen LogP contribution in [0.4, 0.5) is 0 Å². The molecule has 2 unspecified atom stereocenters. The lowest BCUT2D eigenvalue weighted by molar-refractivity contribution is -0.150. The second-order valence-corrected chi connectivity index (χ2v) is 19.4. The highest BCUT2D eigenvalue weighted by molar-refractivity contribution is 5.87. The van der Waals surface area contributed by atoms with Gasteiger partial charge < -0.3 is 25.6 Å². The minimum absolute atomic E-state index is 0.0248. The first-order valence-corrected chi connectivity index (χ1v) is 28.1. The number of hydrogen-bond donors (Lipinski definition) is 4. The summed E-state index contributed by atoms with van der Waals surface area (Å²) in [4.78, 5) is 47.9. The average molecular weight is 919 g/mol. The minimum atomic E-state index is -1.38. The van der Waals surface area contributed by atoms with Gasteiger partial charge in [0, 0.05) is 12.8 Å². The lowest BCUT2D eigenvalue weighted by atomic mass is 10.0. The molecule has 2 atom stereocenters. The number of aliphatic carboxylic acids is 1. The standard InChI is InChI=1S/C56H106N2O7/c1-3-5-7-9-11-13-15-17-19-20-21-22-23-24-25-27-29-31-33-35-40-44-48-55(62)65-51(45-41-37-34-32-30-28-26-18-16-14-12-10-8-6-4-2)46-42-38-36-39-43-47-53(60)57-49-54(61)58-52(50-59)56(63)64/h28,30,51-52,59H,3-27,29,31-50H2,1-2H3,(H,57,60)(H,58,61)(H,63,64)/b30-28-. The summed E-state index contributed by atoms with van der Waals surface area (Å²) in [5.41, 5.74) is 0. The number of carbonyl (C=O) groups is 4. The van der Waals surface area contributed by atoms with Crippen LogP contribution in [-0.4, -0.2) is 59.3 Å². The molecule has 0 radical (unpaired) electrons. The Labute approximate surface area is 401 Å². The number of aliphatic hydroxyl groups excluding tert-OH is 1. The Morgan fingerprint density at radius 2 is 0.785 bits per heavy atom. The zero-order valence-corrected chi connectivity index (χ0v) is 42.8. The van der Waals surface area contributed by atoms with E-state index in [-0.39, 0.29) is 24.5 Å². The summed E-state index contributed by atoms with van der Waals surface area (Å²) < 4.78 is 6.08. The van der Waals surface area contributed by atoms with Gasteiger partial charge in [-0.25, -0.2) is 4.79 Å². The van der Waals surface area contributed by atoms with Crippen LogP contribution in [0.15, 0.2) is 12.2 Å². The van der Waals surface area contributed by atoms with Crippen LogP contribution in [-0.2, 0) is 23.9 Å². The first-order chi connectivity index (χ1) is 31.8. The molecule has 0 aliphatic heterocycles. The molecule has 382 valence electrons. The first kappa shape index (κ1) is 62.6. The molecular formula is C56H106N2O7. The van der Waals surface area contributed by atoms with Gasteiger partial charge in [-0.2, -0.15) is 0 Å². The number of carboxylic acids is 1. The molecule has 0 heterocycles. The molecule has 0 aliphatic rings. The van der Waals surface area contributed by atoms with Gasteiger partial charge in [-0.1, -0.05) is 231 Å². The number of ether oxygens (including phenoxy) is 1. The van der Waals surface area contributed by atoms with Crippen LogP contribution in [0.5, 0.6) is 0 Å². The average Bonchev–Trinajstić information content (AvgIpc) is 3.29. The zero-order valence-electron chi connectivity index (χ0n) is 42.8. The summed E-state index contributed by atoms with van der Waals surface area (Å²) in [5.74, 6) is -2.28. The van der Waals surface area contributed by atoms with Crippen LogP contribution < -0.4 is 10.6 Å². The summed E-state index contributed by atoms with van der Waals surface area (Å²) in [6.07, 6.45) is 58.3. The van der Waals surface area contributed by atoms with E-state index < -0.39 is 24.5 Å². The Morgan fingerprint density at radius 3 is 1.17 bits per heavy atom. The van der Waals surface area contributed by atoms with E-state index in [1.165, 1.54) is 193 Å². The fourth-order valence-corrected chi connectivity index (χ4v) is 8.71. The molecular weight excluding hydrogens is 813 g/mol. The van der Waals surface area contributed by atoms with E-state index in [4.69, 9.17) is 14.9 Å². The summed E-state index contributed by atoms with van der Waals surface area (Å²) in [5, 5.41) is 22.7. The van der Waals surface area contributed by atoms with E-state index in [1.807, 2.05) is 0 Å². The Kier molecular flexibility index (Phi) is 49.1. The number of unbranched alkanes of at least 4 members (excludes halogenated alkanes) is 36. The smallest absolute Gasteiger partial charge is 0.328 e. The number of carbonyl (C=O) groups excluding carboxylic acids is 3. The van der Waals surface area contributed by atoms with Crippen LogP contribution in [0.2, 0.25) is 0 Å². The molecule has 0 aromatic carbocycles. The van der Waals surface area contributed by atoms with Gasteiger partial charge >= 0.3 is 11.9 Å². The largest absolute Gasteiger partial charge is 0.480 e. The van der Waals surface area contributed by atoms with Gasteiger partial charge in [0.15, 0.2) is 0 Å². The molecule has 9 nitrogen and oxygen atoms in total. The highest BCUT2D eigenvalue weighted by Gasteiger charge is 2.19. The van der Waals surface area contributed by atoms with Crippen molar-refractivity contribution >= 4 is 23.8 Å². The maximum atomic E-state index is 12.9. The van der Waals surface area contributed by atoms with Crippen molar-refractivity contribution in [3.05, 3.63) is 12.2 Å². The van der Waals surface area contributed by atoms with Gasteiger partial charge in [0.2, 0.25) is 11.8 Å². The predicted octanol–water partition coefficient (Wildman–Crippen LogP) is 15.3. The van der Waals surface area contributed by atoms with E-state index in [9.17, 15) is 19.2 Å². The highest BCUT2D eigenvalue weighted by Crippen LogP contribution is 2.19. The summed E-state index contributed by atoms with van der Waals surface area (Å²) in [7, 11) is 0. The Bertz CT molecular complexity index is 1100. The number of amides is 2. The van der Waals surface area contributed by atoms with Crippen LogP contribution in [0.25, 0.3) is 0 Å². The predicted molar refractivity (Wildman–Crippen MR) is 273 cm³/mol. The van der Waals surface area contributed by atoms with E-state index >= 15 is 0 Å². The topological polar surface area (TPSA) is 142 Å². The lowest BCUT2D eigenvalue weighted by Gasteiger charge is -2.18. The number of carboxylic acid groups (broad SMARTS) is 1. The van der Waals surface area contributed by atoms with E-state index in [2.05, 4.69) is 36.6 Å². The molecule has 2 amide bonds. The normalized spacial score (nSPS) is 12.4. The monoisotopic (exact) mass is 919 g/mol. The number of allylic oxidation sites excluding steroid dienone is 2. The zero-order chi connectivity index (χ0) is 47.5. The van der Waals surface area contributed by atoms with E-state index in [1.54, 1.807) is 0 Å². The van der Waals surface area contributed by atoms with Gasteiger partial charge in [0.1, 0.15) is 12.1 Å². The third kappa shape index (κ3) is 47.9. The second-order valence-electron chi connectivity index (χ2n) is 19.4. The second kappa shape index (κ2) is 51.0. The number of esters is 1. The SMILES string of the molecule is CCCCCCCCCC/C=C\CCCCCC(CCCCCCCC(=O)NCC(=O)NC(CO)C(=O)O)OC(=O)CCCCCCCCCCCCCCCCCCCCCCCC. The van der Waals surface area contributed by atoms with Crippen molar-refractivity contribution in [2.45, 2.75) is 309 Å². The van der Waals surface area contributed by atoms with Crippen LogP contribution >= 0.6 is 0 Å². The van der Waals surface area contributed by atoms with Crippen LogP contribution in [0, 0.1) is 0 Å². The maximum absolute atomic E-state index is 12.9. The molecule has 0 aliphatic carbocycles. The molecule has 9 heteroatoms. The molecule has 0 rings (SSSR count).